The van der Waals surface area contributed by atoms with Crippen LogP contribution in [0.3, 0.4) is 0 Å². The molecule has 0 bridgehead atoms. The lowest BCUT2D eigenvalue weighted by molar-refractivity contribution is 0.0996. The van der Waals surface area contributed by atoms with E-state index in [4.69, 9.17) is 10.5 Å². The van der Waals surface area contributed by atoms with E-state index in [9.17, 15) is 18.0 Å². The maximum absolute atomic E-state index is 14.4. The van der Waals surface area contributed by atoms with Gasteiger partial charge in [-0.2, -0.15) is 0 Å². The number of halogens is 4. The average molecular weight is 480 g/mol. The third kappa shape index (κ3) is 4.95. The summed E-state index contributed by atoms with van der Waals surface area (Å²) < 4.78 is 47.7. The van der Waals surface area contributed by atoms with Crippen LogP contribution in [0.2, 0.25) is 0 Å². The number of aromatic nitrogens is 1. The number of carbonyl (C=O) groups is 1. The summed E-state index contributed by atoms with van der Waals surface area (Å²) in [4.78, 5) is 16.6. The van der Waals surface area contributed by atoms with Crippen LogP contribution in [0.5, 0.6) is 5.75 Å². The Balaban J connectivity index is 0.00000306. The molecule has 0 atom stereocenters. The van der Waals surface area contributed by atoms with Crippen LogP contribution in [0.25, 0.3) is 17.0 Å². The number of H-pyrrole nitrogens is 1. The first-order chi connectivity index (χ1) is 15.4. The minimum Gasteiger partial charge on any atom is -0.486 e. The molecule has 3 N–H and O–H groups in total. The number of rotatable bonds is 8. The SMILES string of the molecule is CCCN(CCCc1c[nH]c2c(F)cc(F)cc12)C1=Cc2c(F)ccc(C(N)=O)c2OC1.Cl. The number of primary amides is 1. The number of benzene rings is 2. The molecule has 3 aromatic rings. The van der Waals surface area contributed by atoms with Crippen molar-refractivity contribution in [2.45, 2.75) is 26.2 Å². The van der Waals surface area contributed by atoms with Gasteiger partial charge in [0.1, 0.15) is 29.8 Å². The lowest BCUT2D eigenvalue weighted by Crippen LogP contribution is -2.30. The minimum absolute atomic E-state index is 0. The van der Waals surface area contributed by atoms with Gasteiger partial charge in [-0.3, -0.25) is 4.79 Å². The number of aromatic amines is 1. The Bertz CT molecular complexity index is 1210. The number of fused-ring (bicyclic) bond motifs is 2. The highest BCUT2D eigenvalue weighted by Gasteiger charge is 2.23. The zero-order valence-electron chi connectivity index (χ0n) is 18.1. The Morgan fingerprint density at radius 3 is 2.70 bits per heavy atom. The molecule has 9 heteroatoms. The van der Waals surface area contributed by atoms with Gasteiger partial charge in [-0.25, -0.2) is 13.2 Å². The maximum atomic E-state index is 14.4. The maximum Gasteiger partial charge on any atom is 0.252 e. The molecule has 1 amide bonds. The first-order valence-corrected chi connectivity index (χ1v) is 10.5. The van der Waals surface area contributed by atoms with Gasteiger partial charge in [0.25, 0.3) is 5.91 Å². The van der Waals surface area contributed by atoms with E-state index >= 15 is 0 Å². The second-order valence-corrected chi connectivity index (χ2v) is 7.84. The Labute approximate surface area is 195 Å². The fraction of sp³-hybridized carbons (Fsp3) is 0.292. The van der Waals surface area contributed by atoms with Gasteiger partial charge in [-0.15, -0.1) is 12.4 Å². The number of nitrogens with two attached hydrogens (primary N) is 1. The topological polar surface area (TPSA) is 71.3 Å². The molecular formula is C24H25ClF3N3O2. The van der Waals surface area contributed by atoms with E-state index in [-0.39, 0.29) is 35.9 Å². The molecule has 0 unspecified atom stereocenters. The quantitative estimate of drug-likeness (QED) is 0.467. The number of hydrogen-bond donors (Lipinski definition) is 2. The standard InChI is InChI=1S/C24H24F3N3O2.ClH/c1-2-7-30(8-3-4-14-12-29-22-18(14)9-15(25)10-21(22)27)16-11-19-20(26)6-5-17(24(28)31)23(19)32-13-16;/h5-6,9-12,29H,2-4,7-8,13H2,1H3,(H2,28,31);1H. The molecule has 4 rings (SSSR count). The van der Waals surface area contributed by atoms with Crippen molar-refractivity contribution in [2.75, 3.05) is 19.7 Å². The first kappa shape index (κ1) is 24.5. The molecular weight excluding hydrogens is 455 g/mol. The molecule has 0 saturated carbocycles. The number of nitrogens with zero attached hydrogens (tertiary/aromatic N) is 1. The van der Waals surface area contributed by atoms with Crippen LogP contribution in [-0.2, 0) is 6.42 Å². The van der Waals surface area contributed by atoms with Crippen LogP contribution in [0, 0.1) is 17.5 Å². The predicted octanol–water partition coefficient (Wildman–Crippen LogP) is 5.18. The van der Waals surface area contributed by atoms with E-state index < -0.39 is 23.4 Å². The highest BCUT2D eigenvalue weighted by molar-refractivity contribution is 5.97. The Hall–Kier alpha value is -3.13. The lowest BCUT2D eigenvalue weighted by atomic mass is 10.0. The third-order valence-corrected chi connectivity index (χ3v) is 5.65. The van der Waals surface area contributed by atoms with Crippen LogP contribution < -0.4 is 10.5 Å². The van der Waals surface area contributed by atoms with Gasteiger partial charge >= 0.3 is 0 Å². The summed E-state index contributed by atoms with van der Waals surface area (Å²) >= 11 is 0. The number of carbonyl (C=O) groups excluding carboxylic acids is 1. The summed E-state index contributed by atoms with van der Waals surface area (Å²) in [5, 5.41) is 0.541. The van der Waals surface area contributed by atoms with Gasteiger partial charge in [0.05, 0.1) is 22.3 Å². The number of ether oxygens (including phenoxy) is 1. The molecule has 1 aliphatic heterocycles. The molecule has 0 fully saturated rings. The van der Waals surface area contributed by atoms with Gasteiger partial charge in [-0.05, 0) is 49.1 Å². The van der Waals surface area contributed by atoms with Crippen molar-refractivity contribution in [3.05, 3.63) is 70.3 Å². The molecule has 0 radical (unpaired) electrons. The zero-order chi connectivity index (χ0) is 22.8. The van der Waals surface area contributed by atoms with Gasteiger partial charge in [-0.1, -0.05) is 6.92 Å². The van der Waals surface area contributed by atoms with Crippen molar-refractivity contribution >= 4 is 35.3 Å². The van der Waals surface area contributed by atoms with Crippen molar-refractivity contribution in [2.24, 2.45) is 5.73 Å². The monoisotopic (exact) mass is 479 g/mol. The molecule has 2 heterocycles. The lowest BCUT2D eigenvalue weighted by Gasteiger charge is -2.30. The Morgan fingerprint density at radius 1 is 1.18 bits per heavy atom. The van der Waals surface area contributed by atoms with Crippen LogP contribution in [0.1, 0.15) is 41.3 Å². The van der Waals surface area contributed by atoms with Crippen LogP contribution in [0.15, 0.2) is 36.2 Å². The largest absolute Gasteiger partial charge is 0.486 e. The minimum atomic E-state index is -0.671. The summed E-state index contributed by atoms with van der Waals surface area (Å²) in [6, 6.07) is 4.73. The number of hydrogen-bond acceptors (Lipinski definition) is 3. The Morgan fingerprint density at radius 2 is 1.97 bits per heavy atom. The normalized spacial score (nSPS) is 12.5. The molecule has 176 valence electrons. The summed E-state index contributed by atoms with van der Waals surface area (Å²) in [5.41, 5.74) is 7.68. The molecule has 0 saturated heterocycles. The number of aryl methyl sites for hydroxylation is 1. The molecule has 1 aromatic heterocycles. The van der Waals surface area contributed by atoms with Crippen molar-refractivity contribution in [3.8, 4) is 5.75 Å². The molecule has 2 aromatic carbocycles. The zero-order valence-corrected chi connectivity index (χ0v) is 18.9. The first-order valence-electron chi connectivity index (χ1n) is 10.5. The smallest absolute Gasteiger partial charge is 0.252 e. The van der Waals surface area contributed by atoms with E-state index in [1.54, 1.807) is 12.3 Å². The fourth-order valence-electron chi connectivity index (χ4n) is 4.14. The van der Waals surface area contributed by atoms with Gasteiger partial charge in [0.2, 0.25) is 0 Å². The van der Waals surface area contributed by atoms with E-state index in [1.807, 2.05) is 6.92 Å². The van der Waals surface area contributed by atoms with Gasteiger partial charge < -0.3 is 20.4 Å². The van der Waals surface area contributed by atoms with Crippen LogP contribution in [-0.4, -0.2) is 35.5 Å². The summed E-state index contributed by atoms with van der Waals surface area (Å²) in [6.07, 6.45) is 5.62. The highest BCUT2D eigenvalue weighted by atomic mass is 35.5. The van der Waals surface area contributed by atoms with E-state index in [1.165, 1.54) is 18.2 Å². The molecule has 0 spiro atoms. The third-order valence-electron chi connectivity index (χ3n) is 5.65. The van der Waals surface area contributed by atoms with Crippen molar-refractivity contribution < 1.29 is 22.7 Å². The Kier molecular flexibility index (Phi) is 7.58. The average Bonchev–Trinajstić information content (AvgIpc) is 3.16. The van der Waals surface area contributed by atoms with Crippen molar-refractivity contribution in [1.82, 2.24) is 9.88 Å². The second kappa shape index (κ2) is 10.2. The van der Waals surface area contributed by atoms with E-state index in [0.29, 0.717) is 23.9 Å². The fourth-order valence-corrected chi connectivity index (χ4v) is 4.14. The second-order valence-electron chi connectivity index (χ2n) is 7.84. The van der Waals surface area contributed by atoms with Crippen LogP contribution >= 0.6 is 12.4 Å². The molecule has 33 heavy (non-hydrogen) atoms. The van der Waals surface area contributed by atoms with Gasteiger partial charge in [0.15, 0.2) is 0 Å². The number of nitrogens with one attached hydrogen (secondary N) is 1. The molecule has 0 aliphatic carbocycles. The molecule has 1 aliphatic rings. The van der Waals surface area contributed by atoms with E-state index in [2.05, 4.69) is 9.88 Å². The summed E-state index contributed by atoms with van der Waals surface area (Å²) in [7, 11) is 0. The van der Waals surface area contributed by atoms with Gasteiger partial charge in [0, 0.05) is 30.7 Å². The van der Waals surface area contributed by atoms with Crippen molar-refractivity contribution in [1.29, 1.82) is 0 Å². The predicted molar refractivity (Wildman–Crippen MR) is 124 cm³/mol. The highest BCUT2D eigenvalue weighted by Crippen LogP contribution is 2.33. The van der Waals surface area contributed by atoms with E-state index in [0.717, 1.165) is 36.7 Å². The molecule has 5 nitrogen and oxygen atoms in total. The van der Waals surface area contributed by atoms with Crippen molar-refractivity contribution in [3.63, 3.8) is 0 Å². The summed E-state index contributed by atoms with van der Waals surface area (Å²) in [5.74, 6) is -2.21. The number of amides is 1. The summed E-state index contributed by atoms with van der Waals surface area (Å²) in [6.45, 7) is 3.63. The van der Waals surface area contributed by atoms with Crippen LogP contribution in [0.4, 0.5) is 13.2 Å².